The Balaban J connectivity index is 2.11. The normalized spacial score (nSPS) is 18.2. The van der Waals surface area contributed by atoms with Gasteiger partial charge in [-0.15, -0.1) is 0 Å². The van der Waals surface area contributed by atoms with Crippen molar-refractivity contribution in [2.24, 2.45) is 0 Å². The zero-order valence-corrected chi connectivity index (χ0v) is 19.1. The van der Waals surface area contributed by atoms with Gasteiger partial charge in [-0.2, -0.15) is 8.78 Å². The summed E-state index contributed by atoms with van der Waals surface area (Å²) in [6.07, 6.45) is -0.797. The molecule has 0 unspecified atom stereocenters. The first-order chi connectivity index (χ1) is 15.7. The van der Waals surface area contributed by atoms with E-state index < -0.39 is 24.6 Å². The van der Waals surface area contributed by atoms with Crippen LogP contribution in [0.4, 0.5) is 14.5 Å². The molecule has 2 atom stereocenters. The molecule has 0 spiro atoms. The van der Waals surface area contributed by atoms with Gasteiger partial charge in [-0.05, 0) is 62.0 Å². The summed E-state index contributed by atoms with van der Waals surface area (Å²) in [4.78, 5) is 29.1. The number of nitrogens with zero attached hydrogens (tertiary/aromatic N) is 2. The van der Waals surface area contributed by atoms with Crippen LogP contribution in [-0.2, 0) is 20.7 Å². The Morgan fingerprint density at radius 3 is 2.39 bits per heavy atom. The van der Waals surface area contributed by atoms with Crippen LogP contribution in [0.25, 0.3) is 0 Å². The van der Waals surface area contributed by atoms with E-state index in [1.807, 2.05) is 31.1 Å². The first-order valence-electron chi connectivity index (χ1n) is 10.5. The minimum absolute atomic E-state index is 0.00294. The lowest BCUT2D eigenvalue weighted by Gasteiger charge is -2.29. The van der Waals surface area contributed by atoms with Crippen LogP contribution in [0.15, 0.2) is 42.5 Å². The van der Waals surface area contributed by atoms with Crippen molar-refractivity contribution in [3.8, 4) is 11.5 Å². The zero-order valence-electron chi connectivity index (χ0n) is 19.1. The molecule has 9 heteroatoms. The Kier molecular flexibility index (Phi) is 7.86. The van der Waals surface area contributed by atoms with Gasteiger partial charge in [-0.3, -0.25) is 9.59 Å². The number of methoxy groups -OCH3 is 1. The lowest BCUT2D eigenvalue weighted by atomic mass is 9.87. The quantitative estimate of drug-likeness (QED) is 0.560. The number of rotatable bonds is 8. The molecule has 1 aliphatic rings. The molecular formula is C24H28F2N2O5. The second-order valence-corrected chi connectivity index (χ2v) is 8.08. The van der Waals surface area contributed by atoms with Crippen molar-refractivity contribution in [2.45, 2.75) is 32.0 Å². The number of likely N-dealkylation sites (N-methyl/N-ethyl adjacent to an activating group) is 1. The number of fused-ring (bicyclic) bond motifs is 1. The molecule has 0 bridgehead atoms. The highest BCUT2D eigenvalue weighted by molar-refractivity contribution is 6.00. The molecule has 33 heavy (non-hydrogen) atoms. The number of anilines is 1. The number of benzene rings is 2. The molecule has 1 heterocycles. The number of hydrogen-bond donors (Lipinski definition) is 0. The van der Waals surface area contributed by atoms with Gasteiger partial charge in [0.2, 0.25) is 0 Å². The first-order valence-corrected chi connectivity index (χ1v) is 10.5. The van der Waals surface area contributed by atoms with Crippen molar-refractivity contribution < 1.29 is 32.6 Å². The van der Waals surface area contributed by atoms with Gasteiger partial charge in [-0.25, -0.2) is 0 Å². The molecule has 0 radical (unpaired) electrons. The SMILES string of the molecule is COc1ccc([C@@H]2Cc3cc(OC(F)F)ccc3N(CCN(C)C)C(=O)[C@@H]2OC(C)=O)cc1. The second kappa shape index (κ2) is 10.6. The number of carbonyl (C=O) groups is 2. The molecule has 0 saturated carbocycles. The van der Waals surface area contributed by atoms with Gasteiger partial charge < -0.3 is 24.0 Å². The Bertz CT molecular complexity index is 981. The van der Waals surface area contributed by atoms with Crippen molar-refractivity contribution in [3.63, 3.8) is 0 Å². The van der Waals surface area contributed by atoms with Gasteiger partial charge in [0.25, 0.3) is 5.91 Å². The predicted molar refractivity (Wildman–Crippen MR) is 119 cm³/mol. The summed E-state index contributed by atoms with van der Waals surface area (Å²) < 4.78 is 41.0. The van der Waals surface area contributed by atoms with Crippen LogP contribution < -0.4 is 14.4 Å². The summed E-state index contributed by atoms with van der Waals surface area (Å²) >= 11 is 0. The first kappa shape index (κ1) is 24.4. The molecule has 0 aliphatic carbocycles. The van der Waals surface area contributed by atoms with Crippen molar-refractivity contribution >= 4 is 17.6 Å². The minimum Gasteiger partial charge on any atom is -0.497 e. The molecule has 2 aromatic carbocycles. The van der Waals surface area contributed by atoms with Crippen LogP contribution in [0.3, 0.4) is 0 Å². The monoisotopic (exact) mass is 462 g/mol. The molecule has 0 N–H and O–H groups in total. The number of carbonyl (C=O) groups excluding carboxylic acids is 2. The summed E-state index contributed by atoms with van der Waals surface area (Å²) in [6, 6.07) is 11.7. The maximum atomic E-state index is 13.7. The van der Waals surface area contributed by atoms with E-state index >= 15 is 0 Å². The van der Waals surface area contributed by atoms with Crippen molar-refractivity contribution in [1.82, 2.24) is 4.90 Å². The highest BCUT2D eigenvalue weighted by atomic mass is 19.3. The summed E-state index contributed by atoms with van der Waals surface area (Å²) in [7, 11) is 5.31. The highest BCUT2D eigenvalue weighted by Crippen LogP contribution is 2.38. The van der Waals surface area contributed by atoms with Crippen LogP contribution in [0, 0.1) is 0 Å². The fourth-order valence-electron chi connectivity index (χ4n) is 3.94. The average Bonchev–Trinajstić information content (AvgIpc) is 2.86. The topological polar surface area (TPSA) is 68.3 Å². The number of alkyl halides is 2. The molecule has 0 aromatic heterocycles. The standard InChI is InChI=1S/C24H28F2N2O5/c1-15(29)32-22-20(16-5-7-18(31-4)8-6-16)14-17-13-19(33-24(25)26)9-10-21(17)28(23(22)30)12-11-27(2)3/h5-10,13,20,22,24H,11-12,14H2,1-4H3/t20-,22+/m0/s1. The smallest absolute Gasteiger partial charge is 0.387 e. The van der Waals surface area contributed by atoms with Crippen molar-refractivity contribution in [2.75, 3.05) is 39.2 Å². The average molecular weight is 462 g/mol. The number of esters is 1. The van der Waals surface area contributed by atoms with Crippen LogP contribution in [-0.4, -0.2) is 63.8 Å². The molecule has 0 saturated heterocycles. The fraction of sp³-hybridized carbons (Fsp3) is 0.417. The molecule has 1 amide bonds. The van der Waals surface area contributed by atoms with E-state index in [0.29, 0.717) is 30.1 Å². The third kappa shape index (κ3) is 5.98. The minimum atomic E-state index is -2.97. The van der Waals surface area contributed by atoms with Crippen LogP contribution >= 0.6 is 0 Å². The molecule has 0 fully saturated rings. The Morgan fingerprint density at radius 2 is 1.82 bits per heavy atom. The largest absolute Gasteiger partial charge is 0.497 e. The Labute approximate surface area is 191 Å². The van der Waals surface area contributed by atoms with Gasteiger partial charge in [0, 0.05) is 31.6 Å². The summed E-state index contributed by atoms with van der Waals surface area (Å²) in [5.74, 6) is -0.829. The van der Waals surface area contributed by atoms with Gasteiger partial charge in [0.1, 0.15) is 11.5 Å². The van der Waals surface area contributed by atoms with Gasteiger partial charge in [0.05, 0.1) is 7.11 Å². The van der Waals surface area contributed by atoms with E-state index in [1.54, 1.807) is 30.2 Å². The van der Waals surface area contributed by atoms with Gasteiger partial charge in [0.15, 0.2) is 6.10 Å². The zero-order chi connectivity index (χ0) is 24.1. The number of hydrogen-bond acceptors (Lipinski definition) is 6. The van der Waals surface area contributed by atoms with Crippen LogP contribution in [0.1, 0.15) is 24.0 Å². The van der Waals surface area contributed by atoms with Crippen molar-refractivity contribution in [3.05, 3.63) is 53.6 Å². The van der Waals surface area contributed by atoms with Gasteiger partial charge >= 0.3 is 12.6 Å². The molecule has 178 valence electrons. The number of ether oxygens (including phenoxy) is 3. The van der Waals surface area contributed by atoms with E-state index in [-0.39, 0.29) is 18.1 Å². The molecule has 7 nitrogen and oxygen atoms in total. The van der Waals surface area contributed by atoms with E-state index in [1.165, 1.54) is 19.1 Å². The molecule has 1 aliphatic heterocycles. The number of halogens is 2. The summed E-state index contributed by atoms with van der Waals surface area (Å²) in [6.45, 7) is -0.817. The van der Waals surface area contributed by atoms with E-state index in [0.717, 1.165) is 5.56 Å². The third-order valence-corrected chi connectivity index (χ3v) is 5.49. The van der Waals surface area contributed by atoms with Crippen molar-refractivity contribution in [1.29, 1.82) is 0 Å². The highest BCUT2D eigenvalue weighted by Gasteiger charge is 2.40. The molecule has 3 rings (SSSR count). The maximum Gasteiger partial charge on any atom is 0.387 e. The Morgan fingerprint density at radius 1 is 1.15 bits per heavy atom. The lowest BCUT2D eigenvalue weighted by molar-refractivity contribution is -0.154. The summed E-state index contributed by atoms with van der Waals surface area (Å²) in [5.41, 5.74) is 1.99. The predicted octanol–water partition coefficient (Wildman–Crippen LogP) is 3.46. The van der Waals surface area contributed by atoms with Crippen LogP contribution in [0.2, 0.25) is 0 Å². The van der Waals surface area contributed by atoms with Crippen LogP contribution in [0.5, 0.6) is 11.5 Å². The maximum absolute atomic E-state index is 13.7. The second-order valence-electron chi connectivity index (χ2n) is 8.08. The fourth-order valence-corrected chi connectivity index (χ4v) is 3.94. The summed E-state index contributed by atoms with van der Waals surface area (Å²) in [5, 5.41) is 0. The third-order valence-electron chi connectivity index (χ3n) is 5.49. The molecule has 2 aromatic rings. The number of amides is 1. The van der Waals surface area contributed by atoms with Gasteiger partial charge in [-0.1, -0.05) is 12.1 Å². The van der Waals surface area contributed by atoms with E-state index in [9.17, 15) is 18.4 Å². The molecular weight excluding hydrogens is 434 g/mol. The van der Waals surface area contributed by atoms with E-state index in [4.69, 9.17) is 9.47 Å². The van der Waals surface area contributed by atoms with E-state index in [2.05, 4.69) is 4.74 Å². The Hall–Kier alpha value is -3.20. The lowest BCUT2D eigenvalue weighted by Crippen LogP contribution is -2.45.